The summed E-state index contributed by atoms with van der Waals surface area (Å²) < 4.78 is 0. The molecule has 0 amide bonds. The Labute approximate surface area is 204 Å². The summed E-state index contributed by atoms with van der Waals surface area (Å²) in [6.45, 7) is 7.56. The average molecular weight is 472 g/mol. The number of thiazole rings is 1. The van der Waals surface area contributed by atoms with Crippen molar-refractivity contribution in [3.05, 3.63) is 88.7 Å². The number of aryl methyl sites for hydroxylation is 2. The van der Waals surface area contributed by atoms with Crippen molar-refractivity contribution in [1.29, 1.82) is 0 Å². The standard InChI is InChI=1S/C26H29N7S/c1-18-19(2)34-26(30-18)31-24-22(27)25(29-17-28-24)33-15-13-32(14-16-33)23(20-9-5-3-6-10-20)21-11-7-4-8-12-21/h3-12,17,23H,13-16,27H2,1-2H3,(H,28,29,30,31). The SMILES string of the molecule is Cc1nc(Nc2ncnc(N3CCN(C(c4ccccc4)c4ccccc4)CC3)c2N)sc1C. The van der Waals surface area contributed by atoms with Crippen molar-refractivity contribution in [2.45, 2.75) is 19.9 Å². The quantitative estimate of drug-likeness (QED) is 0.418. The lowest BCUT2D eigenvalue weighted by Gasteiger charge is -2.40. The highest BCUT2D eigenvalue weighted by atomic mass is 32.1. The maximum absolute atomic E-state index is 6.52. The van der Waals surface area contributed by atoms with Gasteiger partial charge in [-0.15, -0.1) is 11.3 Å². The number of rotatable bonds is 6. The van der Waals surface area contributed by atoms with Crippen molar-refractivity contribution < 1.29 is 0 Å². The van der Waals surface area contributed by atoms with E-state index >= 15 is 0 Å². The molecule has 5 rings (SSSR count). The Balaban J connectivity index is 1.33. The first-order chi connectivity index (χ1) is 16.6. The van der Waals surface area contributed by atoms with Gasteiger partial charge in [-0.2, -0.15) is 0 Å². The number of anilines is 4. The van der Waals surface area contributed by atoms with Crippen molar-refractivity contribution in [3.8, 4) is 0 Å². The van der Waals surface area contributed by atoms with Crippen molar-refractivity contribution in [2.75, 3.05) is 42.1 Å². The van der Waals surface area contributed by atoms with Crippen LogP contribution in [0, 0.1) is 13.8 Å². The Morgan fingerprint density at radius 3 is 2.06 bits per heavy atom. The molecule has 1 aliphatic rings. The van der Waals surface area contributed by atoms with Crippen LogP contribution >= 0.6 is 11.3 Å². The number of nitrogens with one attached hydrogen (secondary N) is 1. The molecule has 174 valence electrons. The van der Waals surface area contributed by atoms with E-state index in [-0.39, 0.29) is 6.04 Å². The smallest absolute Gasteiger partial charge is 0.188 e. The zero-order valence-corrected chi connectivity index (χ0v) is 20.3. The van der Waals surface area contributed by atoms with Crippen LogP contribution in [0.2, 0.25) is 0 Å². The number of piperazine rings is 1. The van der Waals surface area contributed by atoms with Crippen LogP contribution in [0.1, 0.15) is 27.7 Å². The van der Waals surface area contributed by atoms with E-state index in [1.165, 1.54) is 16.0 Å². The van der Waals surface area contributed by atoms with Crippen LogP contribution in [0.3, 0.4) is 0 Å². The lowest BCUT2D eigenvalue weighted by atomic mass is 9.96. The predicted octanol–water partition coefficient (Wildman–Crippen LogP) is 4.79. The Hall–Kier alpha value is -3.49. The monoisotopic (exact) mass is 471 g/mol. The summed E-state index contributed by atoms with van der Waals surface area (Å²) in [5, 5.41) is 4.07. The first-order valence-electron chi connectivity index (χ1n) is 11.5. The minimum absolute atomic E-state index is 0.223. The van der Waals surface area contributed by atoms with Crippen molar-refractivity contribution in [2.24, 2.45) is 0 Å². The van der Waals surface area contributed by atoms with Crippen LogP contribution in [0.4, 0.5) is 22.5 Å². The maximum Gasteiger partial charge on any atom is 0.188 e. The van der Waals surface area contributed by atoms with Gasteiger partial charge in [0.2, 0.25) is 0 Å². The van der Waals surface area contributed by atoms with Crippen LogP contribution in [0.25, 0.3) is 0 Å². The molecule has 0 aliphatic carbocycles. The lowest BCUT2D eigenvalue weighted by Crippen LogP contribution is -2.48. The minimum atomic E-state index is 0.223. The summed E-state index contributed by atoms with van der Waals surface area (Å²) >= 11 is 1.60. The first kappa shape index (κ1) is 22.3. The Bertz CT molecular complexity index is 1180. The van der Waals surface area contributed by atoms with E-state index in [1.807, 2.05) is 6.92 Å². The molecule has 0 radical (unpaired) electrons. The molecule has 3 heterocycles. The molecule has 3 N–H and O–H groups in total. The fourth-order valence-electron chi connectivity index (χ4n) is 4.44. The molecule has 2 aromatic heterocycles. The van der Waals surface area contributed by atoms with Gasteiger partial charge in [-0.05, 0) is 25.0 Å². The van der Waals surface area contributed by atoms with Crippen LogP contribution in [0.15, 0.2) is 67.0 Å². The second-order valence-corrected chi connectivity index (χ2v) is 9.70. The molecule has 4 aromatic rings. The molecule has 2 aromatic carbocycles. The summed E-state index contributed by atoms with van der Waals surface area (Å²) in [6, 6.07) is 21.7. The largest absolute Gasteiger partial charge is 0.393 e. The van der Waals surface area contributed by atoms with Gasteiger partial charge in [0.1, 0.15) is 12.0 Å². The average Bonchev–Trinajstić information content (AvgIpc) is 3.19. The van der Waals surface area contributed by atoms with E-state index in [4.69, 9.17) is 5.73 Å². The Morgan fingerprint density at radius 2 is 1.50 bits per heavy atom. The molecule has 7 nitrogen and oxygen atoms in total. The molecule has 0 unspecified atom stereocenters. The van der Waals surface area contributed by atoms with Gasteiger partial charge in [-0.3, -0.25) is 4.90 Å². The second-order valence-electron chi connectivity index (χ2n) is 8.49. The van der Waals surface area contributed by atoms with E-state index in [2.05, 4.69) is 97.7 Å². The highest BCUT2D eigenvalue weighted by Crippen LogP contribution is 2.33. The van der Waals surface area contributed by atoms with Crippen molar-refractivity contribution in [3.63, 3.8) is 0 Å². The van der Waals surface area contributed by atoms with Gasteiger partial charge in [0.05, 0.1) is 11.7 Å². The zero-order valence-electron chi connectivity index (χ0n) is 19.5. The third-order valence-electron chi connectivity index (χ3n) is 6.33. The van der Waals surface area contributed by atoms with E-state index in [0.29, 0.717) is 11.5 Å². The summed E-state index contributed by atoms with van der Waals surface area (Å²) in [5.74, 6) is 1.38. The number of aromatic nitrogens is 3. The fourth-order valence-corrected chi connectivity index (χ4v) is 5.26. The Kier molecular flexibility index (Phi) is 6.42. The van der Waals surface area contributed by atoms with Gasteiger partial charge < -0.3 is 16.0 Å². The van der Waals surface area contributed by atoms with Gasteiger partial charge in [-0.25, -0.2) is 15.0 Å². The molecular formula is C26H29N7S. The zero-order chi connectivity index (χ0) is 23.5. The van der Waals surface area contributed by atoms with Crippen molar-refractivity contribution in [1.82, 2.24) is 19.9 Å². The molecule has 34 heavy (non-hydrogen) atoms. The van der Waals surface area contributed by atoms with Gasteiger partial charge >= 0.3 is 0 Å². The molecular weight excluding hydrogens is 442 g/mol. The molecule has 0 spiro atoms. The summed E-state index contributed by atoms with van der Waals surface area (Å²) in [6.07, 6.45) is 1.57. The summed E-state index contributed by atoms with van der Waals surface area (Å²) in [4.78, 5) is 19.4. The van der Waals surface area contributed by atoms with Gasteiger partial charge in [0, 0.05) is 31.1 Å². The number of nitrogen functional groups attached to an aromatic ring is 1. The number of hydrogen-bond donors (Lipinski definition) is 2. The molecule has 1 fully saturated rings. The summed E-state index contributed by atoms with van der Waals surface area (Å²) in [7, 11) is 0. The van der Waals surface area contributed by atoms with Crippen LogP contribution in [0.5, 0.6) is 0 Å². The lowest BCUT2D eigenvalue weighted by molar-refractivity contribution is 0.212. The Morgan fingerprint density at radius 1 is 0.882 bits per heavy atom. The topological polar surface area (TPSA) is 83.2 Å². The highest BCUT2D eigenvalue weighted by molar-refractivity contribution is 7.15. The molecule has 0 bridgehead atoms. The first-order valence-corrected chi connectivity index (χ1v) is 12.3. The van der Waals surface area contributed by atoms with E-state index in [0.717, 1.165) is 42.8 Å². The van der Waals surface area contributed by atoms with E-state index in [1.54, 1.807) is 17.7 Å². The maximum atomic E-state index is 6.52. The third-order valence-corrected chi connectivity index (χ3v) is 7.31. The molecule has 1 saturated heterocycles. The second kappa shape index (κ2) is 9.79. The normalized spacial score (nSPS) is 14.5. The van der Waals surface area contributed by atoms with Crippen LogP contribution in [-0.4, -0.2) is 46.0 Å². The van der Waals surface area contributed by atoms with Crippen molar-refractivity contribution >= 4 is 33.8 Å². The third kappa shape index (κ3) is 4.60. The number of hydrogen-bond acceptors (Lipinski definition) is 8. The number of nitrogens with two attached hydrogens (primary N) is 1. The minimum Gasteiger partial charge on any atom is -0.393 e. The molecule has 0 atom stereocenters. The van der Waals surface area contributed by atoms with E-state index in [9.17, 15) is 0 Å². The summed E-state index contributed by atoms with van der Waals surface area (Å²) in [5.41, 5.74) is 10.7. The van der Waals surface area contributed by atoms with Gasteiger partial charge in [0.15, 0.2) is 16.8 Å². The van der Waals surface area contributed by atoms with Gasteiger partial charge in [-0.1, -0.05) is 60.7 Å². The van der Waals surface area contributed by atoms with Crippen LogP contribution in [-0.2, 0) is 0 Å². The molecule has 8 heteroatoms. The highest BCUT2D eigenvalue weighted by Gasteiger charge is 2.28. The number of nitrogens with zero attached hydrogens (tertiary/aromatic N) is 5. The number of benzene rings is 2. The predicted molar refractivity (Wildman–Crippen MR) is 140 cm³/mol. The van der Waals surface area contributed by atoms with Gasteiger partial charge in [0.25, 0.3) is 0 Å². The fraction of sp³-hybridized carbons (Fsp3) is 0.269. The molecule has 0 saturated carbocycles. The van der Waals surface area contributed by atoms with Crippen LogP contribution < -0.4 is 16.0 Å². The van der Waals surface area contributed by atoms with E-state index < -0.39 is 0 Å². The molecule has 1 aliphatic heterocycles.